The van der Waals surface area contributed by atoms with Gasteiger partial charge in [-0.25, -0.2) is 14.3 Å². The summed E-state index contributed by atoms with van der Waals surface area (Å²) in [7, 11) is 1.70. The van der Waals surface area contributed by atoms with E-state index >= 15 is 0 Å². The minimum atomic E-state index is -0.722. The van der Waals surface area contributed by atoms with Crippen LogP contribution >= 0.6 is 0 Å². The summed E-state index contributed by atoms with van der Waals surface area (Å²) in [4.78, 5) is 36.6. The van der Waals surface area contributed by atoms with Crippen molar-refractivity contribution in [3.63, 3.8) is 0 Å². The fourth-order valence-corrected chi connectivity index (χ4v) is 3.36. The third-order valence-electron chi connectivity index (χ3n) is 4.69. The predicted octanol–water partition coefficient (Wildman–Crippen LogP) is -0.359. The van der Waals surface area contributed by atoms with Crippen LogP contribution in [0, 0.1) is 0 Å². The van der Waals surface area contributed by atoms with Crippen molar-refractivity contribution in [3.8, 4) is 0 Å². The van der Waals surface area contributed by atoms with Crippen LogP contribution in [0.5, 0.6) is 0 Å². The number of carbonyl (C=O) groups is 2. The number of hydrogen-bond donors (Lipinski definition) is 1. The van der Waals surface area contributed by atoms with Gasteiger partial charge < -0.3 is 10.2 Å². The van der Waals surface area contributed by atoms with Crippen LogP contribution < -0.4 is 5.32 Å². The average Bonchev–Trinajstić information content (AvgIpc) is 3.06. The second kappa shape index (κ2) is 4.98. The first-order valence-electron chi connectivity index (χ1n) is 7.58. The highest BCUT2D eigenvalue weighted by atomic mass is 16.2. The average molecular weight is 315 g/mol. The number of rotatable bonds is 2. The van der Waals surface area contributed by atoms with E-state index in [2.05, 4.69) is 20.4 Å². The maximum atomic E-state index is 12.9. The molecule has 9 heteroatoms. The maximum absolute atomic E-state index is 12.9. The Kier molecular flexibility index (Phi) is 3.05. The van der Waals surface area contributed by atoms with Crippen LogP contribution in [-0.2, 0) is 11.3 Å². The number of piperidine rings is 1. The van der Waals surface area contributed by atoms with Crippen LogP contribution in [0.2, 0.25) is 0 Å². The lowest BCUT2D eigenvalue weighted by atomic mass is 9.87. The third kappa shape index (κ3) is 2.00. The molecule has 1 N–H and O–H groups in total. The second-order valence-electron chi connectivity index (χ2n) is 5.91. The van der Waals surface area contributed by atoms with Gasteiger partial charge in [-0.1, -0.05) is 0 Å². The quantitative estimate of drug-likeness (QED) is 0.761. The van der Waals surface area contributed by atoms with Gasteiger partial charge in [-0.05, 0) is 32.0 Å². The van der Waals surface area contributed by atoms with Crippen molar-refractivity contribution in [2.45, 2.75) is 24.9 Å². The molecule has 0 atom stereocenters. The van der Waals surface area contributed by atoms with Gasteiger partial charge in [0.2, 0.25) is 0 Å². The van der Waals surface area contributed by atoms with Gasteiger partial charge in [-0.3, -0.25) is 9.69 Å². The fourth-order valence-electron chi connectivity index (χ4n) is 3.36. The lowest BCUT2D eigenvalue weighted by molar-refractivity contribution is -0.134. The summed E-state index contributed by atoms with van der Waals surface area (Å²) in [5.74, 6) is 0.703. The van der Waals surface area contributed by atoms with Crippen LogP contribution in [0.4, 0.5) is 4.79 Å². The zero-order valence-electron chi connectivity index (χ0n) is 12.8. The Morgan fingerprint density at radius 2 is 2.09 bits per heavy atom. The van der Waals surface area contributed by atoms with E-state index in [1.165, 1.54) is 9.42 Å². The van der Waals surface area contributed by atoms with Crippen molar-refractivity contribution in [1.29, 1.82) is 0 Å². The highest BCUT2D eigenvalue weighted by Gasteiger charge is 2.55. The summed E-state index contributed by atoms with van der Waals surface area (Å²) in [5.41, 5.74) is -0.722. The number of urea groups is 1. The van der Waals surface area contributed by atoms with E-state index in [4.69, 9.17) is 0 Å². The van der Waals surface area contributed by atoms with Crippen molar-refractivity contribution in [1.82, 2.24) is 34.7 Å². The van der Waals surface area contributed by atoms with Crippen LogP contribution in [0.25, 0.3) is 5.78 Å². The minimum absolute atomic E-state index is 0.0700. The van der Waals surface area contributed by atoms with Gasteiger partial charge in [0.1, 0.15) is 5.54 Å². The molecule has 0 aromatic carbocycles. The van der Waals surface area contributed by atoms with E-state index in [9.17, 15) is 9.59 Å². The predicted molar refractivity (Wildman–Crippen MR) is 79.3 cm³/mol. The van der Waals surface area contributed by atoms with Crippen molar-refractivity contribution >= 4 is 17.7 Å². The van der Waals surface area contributed by atoms with E-state index in [1.807, 2.05) is 0 Å². The van der Waals surface area contributed by atoms with Gasteiger partial charge in [0.05, 0.1) is 6.54 Å². The molecular weight excluding hydrogens is 298 g/mol. The molecule has 2 aliphatic rings. The van der Waals surface area contributed by atoms with Crippen LogP contribution in [0.1, 0.15) is 18.7 Å². The number of amides is 3. The Morgan fingerprint density at radius 1 is 1.30 bits per heavy atom. The highest BCUT2D eigenvalue weighted by Crippen LogP contribution is 2.34. The number of fused-ring (bicyclic) bond motifs is 1. The number of nitrogens with one attached hydrogen (secondary N) is 1. The first kappa shape index (κ1) is 14.1. The Morgan fingerprint density at radius 3 is 2.83 bits per heavy atom. The number of likely N-dealkylation sites (N-methyl/N-ethyl adjacent to an activating group) is 1. The molecule has 4 rings (SSSR count). The summed E-state index contributed by atoms with van der Waals surface area (Å²) in [6, 6.07) is 1.46. The summed E-state index contributed by atoms with van der Waals surface area (Å²) in [5, 5.41) is 7.50. The molecule has 120 valence electrons. The maximum Gasteiger partial charge on any atom is 0.327 e. The Labute approximate surface area is 132 Å². The molecule has 0 bridgehead atoms. The van der Waals surface area contributed by atoms with E-state index in [0.717, 1.165) is 13.1 Å². The van der Waals surface area contributed by atoms with Gasteiger partial charge in [0.25, 0.3) is 11.7 Å². The lowest BCUT2D eigenvalue weighted by Gasteiger charge is -2.36. The van der Waals surface area contributed by atoms with Gasteiger partial charge in [-0.2, -0.15) is 4.98 Å². The van der Waals surface area contributed by atoms with E-state index < -0.39 is 5.54 Å². The van der Waals surface area contributed by atoms with Gasteiger partial charge >= 0.3 is 6.03 Å². The van der Waals surface area contributed by atoms with E-state index in [-0.39, 0.29) is 18.5 Å². The molecule has 23 heavy (non-hydrogen) atoms. The molecular formula is C14H17N7O2. The first-order chi connectivity index (χ1) is 11.1. The van der Waals surface area contributed by atoms with Crippen molar-refractivity contribution in [2.24, 2.45) is 0 Å². The highest BCUT2D eigenvalue weighted by molar-refractivity contribution is 6.06. The second-order valence-corrected chi connectivity index (χ2v) is 5.91. The van der Waals surface area contributed by atoms with Crippen LogP contribution in [-0.4, -0.2) is 67.0 Å². The minimum Gasteiger partial charge on any atom is -0.317 e. The number of imide groups is 1. The molecule has 2 aliphatic heterocycles. The zero-order valence-corrected chi connectivity index (χ0v) is 12.8. The molecule has 3 amide bonds. The lowest BCUT2D eigenvalue weighted by Crippen LogP contribution is -2.54. The number of carbonyl (C=O) groups excluding carboxylic acids is 2. The molecule has 0 aliphatic carbocycles. The third-order valence-corrected chi connectivity index (χ3v) is 4.69. The summed E-state index contributed by atoms with van der Waals surface area (Å²) >= 11 is 0. The van der Waals surface area contributed by atoms with Crippen molar-refractivity contribution < 1.29 is 9.59 Å². The molecule has 4 heterocycles. The number of nitrogens with zero attached hydrogens (tertiary/aromatic N) is 6. The summed E-state index contributed by atoms with van der Waals surface area (Å²) in [6.45, 7) is 1.53. The smallest absolute Gasteiger partial charge is 0.317 e. The summed E-state index contributed by atoms with van der Waals surface area (Å²) in [6.07, 6.45) is 4.61. The topological polar surface area (TPSA) is 95.7 Å². The van der Waals surface area contributed by atoms with Gasteiger partial charge in [0.15, 0.2) is 5.82 Å². The van der Waals surface area contributed by atoms with Crippen LogP contribution in [0.15, 0.2) is 18.5 Å². The Balaban J connectivity index is 1.63. The molecule has 1 spiro atoms. The standard InChI is InChI=1S/C14H17N7O2/c1-19-13(23)20(11(22)14(19)3-6-15-7-4-14)9-10-17-12-16-5-2-8-21(12)18-10/h2,5,8,15H,3-4,6-7,9H2,1H3. The van der Waals surface area contributed by atoms with Crippen molar-refractivity contribution in [3.05, 3.63) is 24.3 Å². The normalized spacial score (nSPS) is 20.9. The molecule has 0 radical (unpaired) electrons. The fraction of sp³-hybridized carbons (Fsp3) is 0.500. The largest absolute Gasteiger partial charge is 0.327 e. The van der Waals surface area contributed by atoms with Gasteiger partial charge in [-0.15, -0.1) is 5.10 Å². The zero-order chi connectivity index (χ0) is 16.0. The Bertz CT molecular complexity index is 747. The summed E-state index contributed by atoms with van der Waals surface area (Å²) < 4.78 is 1.53. The SMILES string of the molecule is CN1C(=O)N(Cc2nc3ncccn3n2)C(=O)C12CCNCC2. The first-order valence-corrected chi connectivity index (χ1v) is 7.58. The van der Waals surface area contributed by atoms with E-state index in [1.54, 1.807) is 30.4 Å². The van der Waals surface area contributed by atoms with Crippen LogP contribution in [0.3, 0.4) is 0 Å². The molecule has 2 fully saturated rings. The van der Waals surface area contributed by atoms with Crippen molar-refractivity contribution in [2.75, 3.05) is 20.1 Å². The Hall–Kier alpha value is -2.55. The molecule has 0 unspecified atom stereocenters. The number of aromatic nitrogens is 4. The molecule has 2 aromatic rings. The molecule has 2 saturated heterocycles. The van der Waals surface area contributed by atoms with E-state index in [0.29, 0.717) is 24.4 Å². The van der Waals surface area contributed by atoms with Gasteiger partial charge in [0, 0.05) is 19.4 Å². The number of hydrogen-bond acceptors (Lipinski definition) is 6. The molecule has 0 saturated carbocycles. The molecule has 2 aromatic heterocycles. The molecule has 9 nitrogen and oxygen atoms in total. The monoisotopic (exact) mass is 315 g/mol.